The van der Waals surface area contributed by atoms with E-state index in [1.807, 2.05) is 13.0 Å². The fourth-order valence-electron chi connectivity index (χ4n) is 2.91. The molecule has 1 amide bonds. The number of esters is 1. The highest BCUT2D eigenvalue weighted by Gasteiger charge is 2.17. The minimum atomic E-state index is -1.10. The summed E-state index contributed by atoms with van der Waals surface area (Å²) in [5.41, 5.74) is 7.29. The van der Waals surface area contributed by atoms with Crippen LogP contribution in [0.5, 0.6) is 5.75 Å². The van der Waals surface area contributed by atoms with E-state index in [1.54, 1.807) is 79.8 Å². The smallest absolute Gasteiger partial charge is 0.343 e. The molecule has 0 heterocycles. The van der Waals surface area contributed by atoms with E-state index in [9.17, 15) is 14.4 Å². The van der Waals surface area contributed by atoms with Gasteiger partial charge in [0.1, 0.15) is 18.1 Å². The van der Waals surface area contributed by atoms with Gasteiger partial charge in [0.2, 0.25) is 5.91 Å². The van der Waals surface area contributed by atoms with Crippen molar-refractivity contribution in [2.45, 2.75) is 13.8 Å². The van der Waals surface area contributed by atoms with Gasteiger partial charge in [-0.2, -0.15) is 0 Å². The number of amidine groups is 1. The number of allylic oxidation sites excluding steroid dienone is 3. The number of benzene rings is 2. The third kappa shape index (κ3) is 7.90. The number of carbonyl (C=O) groups is 3. The molecule has 176 valence electrons. The van der Waals surface area contributed by atoms with Crippen LogP contribution in [0.3, 0.4) is 0 Å². The van der Waals surface area contributed by atoms with Gasteiger partial charge in [-0.25, -0.2) is 4.79 Å². The molecule has 0 unspecified atom stereocenters. The molecule has 8 heteroatoms. The molecular formula is C26H27N3O5. The molecule has 0 spiro atoms. The Labute approximate surface area is 198 Å². The van der Waals surface area contributed by atoms with E-state index in [0.717, 1.165) is 0 Å². The van der Waals surface area contributed by atoms with Gasteiger partial charge in [-0.3, -0.25) is 15.0 Å². The Morgan fingerprint density at radius 2 is 1.65 bits per heavy atom. The van der Waals surface area contributed by atoms with Crippen molar-refractivity contribution in [2.75, 3.05) is 13.1 Å². The molecule has 0 aliphatic carbocycles. The zero-order valence-corrected chi connectivity index (χ0v) is 19.0. The summed E-state index contributed by atoms with van der Waals surface area (Å²) in [7, 11) is 0. The summed E-state index contributed by atoms with van der Waals surface area (Å²) in [6.45, 7) is 3.22. The number of nitrogens with two attached hydrogens (primary N) is 1. The van der Waals surface area contributed by atoms with Crippen LogP contribution in [0.4, 0.5) is 0 Å². The molecule has 0 fully saturated rings. The van der Waals surface area contributed by atoms with Crippen molar-refractivity contribution >= 4 is 29.8 Å². The predicted molar refractivity (Wildman–Crippen MR) is 131 cm³/mol. The third-order valence-corrected chi connectivity index (χ3v) is 4.62. The average molecular weight is 462 g/mol. The van der Waals surface area contributed by atoms with Gasteiger partial charge in [-0.05, 0) is 61.9 Å². The number of aliphatic carboxylic acids is 1. The second-order valence-electron chi connectivity index (χ2n) is 7.31. The summed E-state index contributed by atoms with van der Waals surface area (Å²) in [4.78, 5) is 37.5. The van der Waals surface area contributed by atoms with Crippen LogP contribution in [0.2, 0.25) is 0 Å². The number of hydrogen-bond donors (Lipinski definition) is 3. The lowest BCUT2D eigenvalue weighted by molar-refractivity contribution is -0.142. The summed E-state index contributed by atoms with van der Waals surface area (Å²) in [6, 6.07) is 12.8. The molecule has 2 aromatic rings. The number of nitrogen functional groups attached to an aromatic ring is 1. The molecule has 0 saturated carbocycles. The van der Waals surface area contributed by atoms with Gasteiger partial charge < -0.3 is 20.5 Å². The van der Waals surface area contributed by atoms with Gasteiger partial charge in [-0.15, -0.1) is 0 Å². The first-order valence-electron chi connectivity index (χ1n) is 10.4. The van der Waals surface area contributed by atoms with Crippen LogP contribution in [-0.2, 0) is 9.59 Å². The minimum absolute atomic E-state index is 0.0773. The van der Waals surface area contributed by atoms with Crippen LogP contribution >= 0.6 is 0 Å². The zero-order chi connectivity index (χ0) is 25.1. The van der Waals surface area contributed by atoms with Crippen molar-refractivity contribution in [1.82, 2.24) is 4.90 Å². The minimum Gasteiger partial charge on any atom is -0.480 e. The molecule has 0 aliphatic rings. The molecule has 0 aromatic heterocycles. The summed E-state index contributed by atoms with van der Waals surface area (Å²) in [5, 5.41) is 16.5. The van der Waals surface area contributed by atoms with E-state index < -0.39 is 24.4 Å². The number of nitrogens with zero attached hydrogens (tertiary/aromatic N) is 1. The lowest BCUT2D eigenvalue weighted by atomic mass is 10.1. The topological polar surface area (TPSA) is 134 Å². The molecule has 0 aliphatic heterocycles. The van der Waals surface area contributed by atoms with Gasteiger partial charge in [0.15, 0.2) is 0 Å². The lowest BCUT2D eigenvalue weighted by Gasteiger charge is -2.19. The van der Waals surface area contributed by atoms with E-state index in [-0.39, 0.29) is 12.4 Å². The summed E-state index contributed by atoms with van der Waals surface area (Å²) >= 11 is 0. The Balaban J connectivity index is 2.08. The van der Waals surface area contributed by atoms with E-state index >= 15 is 0 Å². The molecule has 0 radical (unpaired) electrons. The molecule has 0 atom stereocenters. The third-order valence-electron chi connectivity index (χ3n) is 4.62. The largest absolute Gasteiger partial charge is 0.480 e. The van der Waals surface area contributed by atoms with Crippen LogP contribution < -0.4 is 10.5 Å². The average Bonchev–Trinajstić information content (AvgIpc) is 2.81. The highest BCUT2D eigenvalue weighted by molar-refractivity contribution is 5.99. The number of amides is 1. The Morgan fingerprint density at radius 3 is 2.21 bits per heavy atom. The van der Waals surface area contributed by atoms with Gasteiger partial charge in [0, 0.05) is 17.7 Å². The number of carboxylic acid groups (broad SMARTS) is 1. The number of rotatable bonds is 10. The quantitative estimate of drug-likeness (QED) is 0.124. The summed E-state index contributed by atoms with van der Waals surface area (Å²) < 4.78 is 5.32. The summed E-state index contributed by atoms with van der Waals surface area (Å²) in [6.07, 6.45) is 8.70. The maximum absolute atomic E-state index is 12.7. The maximum atomic E-state index is 12.7. The van der Waals surface area contributed by atoms with Crippen LogP contribution in [0.25, 0.3) is 6.08 Å². The molecule has 0 bridgehead atoms. The first-order chi connectivity index (χ1) is 16.2. The molecule has 4 N–H and O–H groups in total. The molecule has 2 aromatic carbocycles. The zero-order valence-electron chi connectivity index (χ0n) is 19.0. The fraction of sp³-hybridized carbons (Fsp3) is 0.154. The van der Waals surface area contributed by atoms with Gasteiger partial charge in [0.05, 0.1) is 5.56 Å². The molecular weight excluding hydrogens is 434 g/mol. The molecule has 0 saturated heterocycles. The monoisotopic (exact) mass is 461 g/mol. The van der Waals surface area contributed by atoms with E-state index in [2.05, 4.69) is 0 Å². The van der Waals surface area contributed by atoms with Crippen molar-refractivity contribution in [3.05, 3.63) is 95.1 Å². The van der Waals surface area contributed by atoms with Crippen molar-refractivity contribution in [3.63, 3.8) is 0 Å². The highest BCUT2D eigenvalue weighted by Crippen LogP contribution is 2.16. The first kappa shape index (κ1) is 25.8. The van der Waals surface area contributed by atoms with E-state index in [4.69, 9.17) is 21.0 Å². The van der Waals surface area contributed by atoms with Crippen molar-refractivity contribution in [3.8, 4) is 5.75 Å². The van der Waals surface area contributed by atoms with Crippen molar-refractivity contribution in [2.24, 2.45) is 5.73 Å². The normalized spacial score (nSPS) is 11.5. The molecule has 34 heavy (non-hydrogen) atoms. The Kier molecular flexibility index (Phi) is 9.52. The number of carbonyl (C=O) groups excluding carboxylic acids is 2. The van der Waals surface area contributed by atoms with Gasteiger partial charge in [-0.1, -0.05) is 36.4 Å². The number of carboxylic acids is 1. The van der Waals surface area contributed by atoms with E-state index in [1.165, 1.54) is 4.90 Å². The first-order valence-corrected chi connectivity index (χ1v) is 10.4. The second kappa shape index (κ2) is 12.5. The SMILES string of the molecule is C/C=C/C=C/CN(CC(=O)O)C(=O)/C(C)=C/c1ccc(C(=O)Oc2ccc(C(=N)N)cc2)cc1. The Hall–Kier alpha value is -4.46. The van der Waals surface area contributed by atoms with E-state index in [0.29, 0.717) is 28.0 Å². The number of hydrogen-bond acceptors (Lipinski definition) is 5. The Bertz CT molecular complexity index is 1130. The standard InChI is InChI=1S/C26H27N3O5/c1-3-4-5-6-15-29(17-23(30)31)25(32)18(2)16-19-7-9-21(10-8-19)26(33)34-22-13-11-20(12-14-22)24(27)28/h3-14,16H,15,17H2,1-2H3,(H3,27,28)(H,30,31)/b4-3+,6-5+,18-16+. The Morgan fingerprint density at radius 1 is 1.03 bits per heavy atom. The van der Waals surface area contributed by atoms with Crippen LogP contribution in [0, 0.1) is 5.41 Å². The van der Waals surface area contributed by atoms with Crippen LogP contribution in [-0.4, -0.2) is 46.8 Å². The predicted octanol–water partition coefficient (Wildman–Crippen LogP) is 3.64. The van der Waals surface area contributed by atoms with Gasteiger partial charge in [0.25, 0.3) is 0 Å². The second-order valence-corrected chi connectivity index (χ2v) is 7.31. The maximum Gasteiger partial charge on any atom is 0.343 e. The fourth-order valence-corrected chi connectivity index (χ4v) is 2.91. The summed E-state index contributed by atoms with van der Waals surface area (Å²) in [5.74, 6) is -1.81. The van der Waals surface area contributed by atoms with Crippen molar-refractivity contribution < 1.29 is 24.2 Å². The lowest BCUT2D eigenvalue weighted by Crippen LogP contribution is -2.36. The van der Waals surface area contributed by atoms with Crippen molar-refractivity contribution in [1.29, 1.82) is 5.41 Å². The van der Waals surface area contributed by atoms with Crippen LogP contribution in [0.1, 0.15) is 35.3 Å². The molecule has 2 rings (SSSR count). The number of ether oxygens (including phenoxy) is 1. The number of nitrogens with one attached hydrogen (secondary N) is 1. The van der Waals surface area contributed by atoms with Crippen LogP contribution in [0.15, 0.2) is 78.4 Å². The molecule has 8 nitrogen and oxygen atoms in total. The highest BCUT2D eigenvalue weighted by atomic mass is 16.5. The van der Waals surface area contributed by atoms with Gasteiger partial charge >= 0.3 is 11.9 Å².